The number of halogens is 1. The monoisotopic (exact) mass is 397 g/mol. The molecule has 0 radical (unpaired) electrons. The quantitative estimate of drug-likeness (QED) is 0.730. The third-order valence-electron chi connectivity index (χ3n) is 5.38. The molecule has 4 rings (SSSR count). The predicted molar refractivity (Wildman–Crippen MR) is 88.4 cm³/mol. The summed E-state index contributed by atoms with van der Waals surface area (Å²) < 4.78 is 23.8. The lowest BCUT2D eigenvalue weighted by atomic mass is 9.67. The lowest BCUT2D eigenvalue weighted by Gasteiger charge is -2.50. The van der Waals surface area contributed by atoms with Gasteiger partial charge in [-0.15, -0.1) is 0 Å². The van der Waals surface area contributed by atoms with Crippen LogP contribution in [0.3, 0.4) is 0 Å². The average Bonchev–Trinajstić information content (AvgIpc) is 3.02. The molecule has 3 aliphatic rings. The molecule has 1 spiro atoms. The topological polar surface area (TPSA) is 80.0 Å². The summed E-state index contributed by atoms with van der Waals surface area (Å²) in [6, 6.07) is 5.55. The van der Waals surface area contributed by atoms with E-state index in [9.17, 15) is 4.79 Å². The lowest BCUT2D eigenvalue weighted by molar-refractivity contribution is -0.212. The van der Waals surface area contributed by atoms with Gasteiger partial charge in [-0.2, -0.15) is 0 Å². The van der Waals surface area contributed by atoms with E-state index in [1.807, 2.05) is 18.2 Å². The summed E-state index contributed by atoms with van der Waals surface area (Å²) in [5, 5.41) is 0. The van der Waals surface area contributed by atoms with Crippen LogP contribution in [0.2, 0.25) is 0 Å². The molecule has 1 aromatic carbocycles. The number of hydrogen-bond donors (Lipinski definition) is 1. The zero-order valence-electron chi connectivity index (χ0n) is 13.4. The summed E-state index contributed by atoms with van der Waals surface area (Å²) >= 11 is 3.45. The molecule has 2 aliphatic heterocycles. The third kappa shape index (κ3) is 2.29. The molecule has 0 amide bonds. The first-order valence-electron chi connectivity index (χ1n) is 8.10. The summed E-state index contributed by atoms with van der Waals surface area (Å²) in [6.07, 6.45) is 1.66. The molecular weight excluding hydrogens is 378 g/mol. The van der Waals surface area contributed by atoms with Gasteiger partial charge >= 0.3 is 5.97 Å². The van der Waals surface area contributed by atoms with E-state index in [1.165, 1.54) is 7.11 Å². The molecule has 2 N–H and O–H groups in total. The highest BCUT2D eigenvalue weighted by Gasteiger charge is 2.58. The number of rotatable bonds is 1. The van der Waals surface area contributed by atoms with Crippen LogP contribution >= 0.6 is 15.9 Å². The van der Waals surface area contributed by atoms with Gasteiger partial charge in [0, 0.05) is 28.8 Å². The second kappa shape index (κ2) is 5.69. The molecule has 6 nitrogen and oxygen atoms in total. The van der Waals surface area contributed by atoms with E-state index in [0.29, 0.717) is 43.8 Å². The molecule has 1 saturated carbocycles. The van der Waals surface area contributed by atoms with Gasteiger partial charge in [-0.05, 0) is 24.6 Å². The van der Waals surface area contributed by atoms with Gasteiger partial charge in [-0.1, -0.05) is 15.9 Å². The van der Waals surface area contributed by atoms with Crippen molar-refractivity contribution in [3.63, 3.8) is 0 Å². The van der Waals surface area contributed by atoms with Crippen LogP contribution in [0.25, 0.3) is 0 Å². The van der Waals surface area contributed by atoms with Crippen LogP contribution in [0.4, 0.5) is 0 Å². The van der Waals surface area contributed by atoms with Crippen LogP contribution in [0.15, 0.2) is 22.7 Å². The molecule has 0 aromatic heterocycles. The number of hydrogen-bond acceptors (Lipinski definition) is 6. The molecule has 3 atom stereocenters. The Hall–Kier alpha value is -1.15. The highest BCUT2D eigenvalue weighted by molar-refractivity contribution is 9.10. The molecule has 7 heteroatoms. The van der Waals surface area contributed by atoms with E-state index in [2.05, 4.69) is 15.9 Å². The fraction of sp³-hybridized carbons (Fsp3) is 0.588. The van der Waals surface area contributed by atoms with Crippen LogP contribution in [0.1, 0.15) is 24.8 Å². The Kier molecular flexibility index (Phi) is 3.87. The molecule has 130 valence electrons. The second-order valence-corrected chi connectivity index (χ2v) is 7.53. The molecular formula is C17H20BrNO5. The number of esters is 1. The van der Waals surface area contributed by atoms with E-state index in [1.54, 1.807) is 0 Å². The minimum atomic E-state index is -1.24. The van der Waals surface area contributed by atoms with Crippen molar-refractivity contribution in [3.8, 4) is 5.75 Å². The normalized spacial score (nSPS) is 33.5. The van der Waals surface area contributed by atoms with Crippen LogP contribution in [0.5, 0.6) is 5.75 Å². The summed E-state index contributed by atoms with van der Waals surface area (Å²) in [7, 11) is 1.37. The van der Waals surface area contributed by atoms with Crippen LogP contribution in [-0.2, 0) is 24.5 Å². The predicted octanol–water partition coefficient (Wildman–Crippen LogP) is 2.08. The van der Waals surface area contributed by atoms with Gasteiger partial charge < -0.3 is 24.7 Å². The molecule has 1 aliphatic carbocycles. The fourth-order valence-corrected chi connectivity index (χ4v) is 4.60. The van der Waals surface area contributed by atoms with Gasteiger partial charge in [0.15, 0.2) is 5.79 Å². The number of fused-ring (bicyclic) bond motifs is 2. The Morgan fingerprint density at radius 1 is 1.38 bits per heavy atom. The first-order valence-corrected chi connectivity index (χ1v) is 8.90. The smallest absolute Gasteiger partial charge is 0.331 e. The van der Waals surface area contributed by atoms with E-state index in [0.717, 1.165) is 4.47 Å². The van der Waals surface area contributed by atoms with Gasteiger partial charge in [0.25, 0.3) is 0 Å². The maximum atomic E-state index is 12.6. The first kappa shape index (κ1) is 16.3. The van der Waals surface area contributed by atoms with Crippen molar-refractivity contribution >= 4 is 21.9 Å². The largest absolute Gasteiger partial charge is 0.489 e. The summed E-state index contributed by atoms with van der Waals surface area (Å²) in [6.45, 7) is 1.18. The Morgan fingerprint density at radius 2 is 2.12 bits per heavy atom. The summed E-state index contributed by atoms with van der Waals surface area (Å²) in [5.41, 5.74) is 6.10. The Balaban J connectivity index is 1.77. The zero-order valence-corrected chi connectivity index (χ0v) is 15.0. The van der Waals surface area contributed by atoms with Crippen molar-refractivity contribution in [1.29, 1.82) is 0 Å². The van der Waals surface area contributed by atoms with Gasteiger partial charge in [-0.25, -0.2) is 4.79 Å². The SMILES string of the molecule is COC(=O)C1(N)c2cc(Br)ccc2OC2CC3(CC[C@@H]21)OCCO3. The number of benzene rings is 1. The van der Waals surface area contributed by atoms with Gasteiger partial charge in [-0.3, -0.25) is 0 Å². The number of methoxy groups -OCH3 is 1. The fourth-order valence-electron chi connectivity index (χ4n) is 4.24. The molecule has 1 aromatic rings. The summed E-state index contributed by atoms with van der Waals surface area (Å²) in [5.74, 6) is -0.623. The van der Waals surface area contributed by atoms with Crippen molar-refractivity contribution in [2.24, 2.45) is 11.7 Å². The van der Waals surface area contributed by atoms with Crippen molar-refractivity contribution in [1.82, 2.24) is 0 Å². The van der Waals surface area contributed by atoms with Crippen molar-refractivity contribution in [3.05, 3.63) is 28.2 Å². The van der Waals surface area contributed by atoms with E-state index < -0.39 is 17.3 Å². The minimum Gasteiger partial charge on any atom is -0.489 e. The molecule has 0 bridgehead atoms. The third-order valence-corrected chi connectivity index (χ3v) is 5.88. The molecule has 2 heterocycles. The van der Waals surface area contributed by atoms with Crippen LogP contribution < -0.4 is 10.5 Å². The highest BCUT2D eigenvalue weighted by Crippen LogP contribution is 2.51. The van der Waals surface area contributed by atoms with E-state index >= 15 is 0 Å². The Morgan fingerprint density at radius 3 is 2.83 bits per heavy atom. The summed E-state index contributed by atoms with van der Waals surface area (Å²) in [4.78, 5) is 12.6. The number of nitrogens with two attached hydrogens (primary N) is 1. The maximum Gasteiger partial charge on any atom is 0.331 e. The second-order valence-electron chi connectivity index (χ2n) is 6.61. The lowest BCUT2D eigenvalue weighted by Crippen LogP contribution is -2.62. The average molecular weight is 398 g/mol. The molecule has 2 unspecified atom stereocenters. The maximum absolute atomic E-state index is 12.6. The number of ether oxygens (including phenoxy) is 4. The standard InChI is InChI=1S/C17H20BrNO5/c1-21-15(20)17(19)11-4-5-16(22-6-7-23-16)9-14(11)24-13-3-2-10(18)8-12(13)17/h2-3,8,11,14H,4-7,9,19H2,1H3/t11-,14?,17?/m0/s1. The van der Waals surface area contributed by atoms with Crippen molar-refractivity contribution < 1.29 is 23.7 Å². The minimum absolute atomic E-state index is 0.190. The van der Waals surface area contributed by atoms with Gasteiger partial charge in [0.2, 0.25) is 0 Å². The van der Waals surface area contributed by atoms with Crippen molar-refractivity contribution in [2.75, 3.05) is 20.3 Å². The Bertz CT molecular complexity index is 675. The van der Waals surface area contributed by atoms with Gasteiger partial charge in [0.05, 0.1) is 20.3 Å². The molecule has 24 heavy (non-hydrogen) atoms. The molecule has 1 saturated heterocycles. The number of carbonyl (C=O) groups is 1. The zero-order chi connectivity index (χ0) is 16.9. The van der Waals surface area contributed by atoms with E-state index in [-0.39, 0.29) is 12.0 Å². The Labute approximate surface area is 148 Å². The molecule has 2 fully saturated rings. The van der Waals surface area contributed by atoms with Crippen molar-refractivity contribution in [2.45, 2.75) is 36.7 Å². The first-order chi connectivity index (χ1) is 11.5. The van der Waals surface area contributed by atoms with Crippen LogP contribution in [0, 0.1) is 5.92 Å². The van der Waals surface area contributed by atoms with Gasteiger partial charge in [0.1, 0.15) is 17.4 Å². The highest BCUT2D eigenvalue weighted by atomic mass is 79.9. The van der Waals surface area contributed by atoms with E-state index in [4.69, 9.17) is 24.7 Å². The van der Waals surface area contributed by atoms with Crippen LogP contribution in [-0.4, -0.2) is 38.2 Å². The number of carbonyl (C=O) groups excluding carboxylic acids is 1.